The third-order valence-corrected chi connectivity index (χ3v) is 5.78. The molecular formula is C21H28N2O4S. The molecule has 0 atom stereocenters. The minimum atomic E-state index is -0.188. The summed E-state index contributed by atoms with van der Waals surface area (Å²) in [5.41, 5.74) is 1.29. The highest BCUT2D eigenvalue weighted by molar-refractivity contribution is 8.04. The van der Waals surface area contributed by atoms with Crippen LogP contribution < -0.4 is 4.74 Å². The van der Waals surface area contributed by atoms with E-state index in [-0.39, 0.29) is 11.8 Å². The van der Waals surface area contributed by atoms with Crippen molar-refractivity contribution < 1.29 is 19.1 Å². The molecule has 2 aliphatic rings. The minimum absolute atomic E-state index is 0.164. The van der Waals surface area contributed by atoms with Gasteiger partial charge in [-0.1, -0.05) is 19.1 Å². The van der Waals surface area contributed by atoms with Crippen LogP contribution in [0.4, 0.5) is 0 Å². The molecule has 0 spiro atoms. The molecule has 28 heavy (non-hydrogen) atoms. The standard InChI is InChI=1S/C21H28N2O4S/c1-3-27-17-8-6-16(7-9-17)18-19(28-4-2)21(25)23(20(18)24)11-5-10-22-12-14-26-15-13-22/h6-9H,3-5,10-15H2,1-2H3. The maximum absolute atomic E-state index is 13.1. The first-order valence-electron chi connectivity index (χ1n) is 9.92. The van der Waals surface area contributed by atoms with Crippen molar-refractivity contribution in [2.75, 3.05) is 51.8 Å². The van der Waals surface area contributed by atoms with Gasteiger partial charge in [-0.25, -0.2) is 0 Å². The van der Waals surface area contributed by atoms with Gasteiger partial charge in [-0.2, -0.15) is 0 Å². The maximum atomic E-state index is 13.1. The lowest BCUT2D eigenvalue weighted by Gasteiger charge is -2.27. The fourth-order valence-corrected chi connectivity index (χ4v) is 4.32. The van der Waals surface area contributed by atoms with Crippen molar-refractivity contribution in [3.63, 3.8) is 0 Å². The van der Waals surface area contributed by atoms with Crippen LogP contribution >= 0.6 is 11.8 Å². The Hall–Kier alpha value is -1.83. The fraction of sp³-hybridized carbons (Fsp3) is 0.524. The van der Waals surface area contributed by atoms with Crippen LogP contribution in [0.15, 0.2) is 29.2 Å². The van der Waals surface area contributed by atoms with E-state index in [9.17, 15) is 9.59 Å². The molecule has 2 aliphatic heterocycles. The Morgan fingerprint density at radius 1 is 1.04 bits per heavy atom. The van der Waals surface area contributed by atoms with Gasteiger partial charge in [0.1, 0.15) is 5.75 Å². The molecule has 6 nitrogen and oxygen atoms in total. The van der Waals surface area contributed by atoms with Crippen molar-refractivity contribution in [2.45, 2.75) is 20.3 Å². The van der Waals surface area contributed by atoms with Crippen molar-refractivity contribution >= 4 is 29.1 Å². The quantitative estimate of drug-likeness (QED) is 0.590. The predicted molar refractivity (Wildman–Crippen MR) is 111 cm³/mol. The van der Waals surface area contributed by atoms with Crippen molar-refractivity contribution in [2.24, 2.45) is 0 Å². The summed E-state index contributed by atoms with van der Waals surface area (Å²) in [7, 11) is 0. The van der Waals surface area contributed by atoms with Crippen LogP contribution in [0.1, 0.15) is 25.8 Å². The normalized spacial score (nSPS) is 18.3. The Labute approximate surface area is 170 Å². The molecule has 1 saturated heterocycles. The monoisotopic (exact) mass is 404 g/mol. The molecular weight excluding hydrogens is 376 g/mol. The number of imide groups is 1. The van der Waals surface area contributed by atoms with Gasteiger partial charge in [0, 0.05) is 26.2 Å². The van der Waals surface area contributed by atoms with E-state index in [0.717, 1.165) is 56.3 Å². The van der Waals surface area contributed by atoms with Gasteiger partial charge in [0.25, 0.3) is 11.8 Å². The number of amides is 2. The highest BCUT2D eigenvalue weighted by Crippen LogP contribution is 2.36. The van der Waals surface area contributed by atoms with E-state index < -0.39 is 0 Å². The van der Waals surface area contributed by atoms with Crippen LogP contribution in [0.5, 0.6) is 5.75 Å². The Balaban J connectivity index is 1.70. The van der Waals surface area contributed by atoms with E-state index in [1.807, 2.05) is 38.1 Å². The van der Waals surface area contributed by atoms with Crippen LogP contribution in [0.25, 0.3) is 5.57 Å². The highest BCUT2D eigenvalue weighted by Gasteiger charge is 2.38. The third kappa shape index (κ3) is 4.77. The van der Waals surface area contributed by atoms with Gasteiger partial charge < -0.3 is 9.47 Å². The molecule has 0 saturated carbocycles. The molecule has 152 valence electrons. The van der Waals surface area contributed by atoms with Crippen molar-refractivity contribution in [1.29, 1.82) is 0 Å². The number of morpholine rings is 1. The van der Waals surface area contributed by atoms with E-state index in [2.05, 4.69) is 4.90 Å². The maximum Gasteiger partial charge on any atom is 0.267 e. The smallest absolute Gasteiger partial charge is 0.267 e. The first-order chi connectivity index (χ1) is 13.7. The van der Waals surface area contributed by atoms with Crippen LogP contribution in [-0.4, -0.2) is 73.4 Å². The zero-order valence-corrected chi connectivity index (χ0v) is 17.4. The van der Waals surface area contributed by atoms with Gasteiger partial charge >= 0.3 is 0 Å². The second kappa shape index (κ2) is 10.1. The Morgan fingerprint density at radius 3 is 2.39 bits per heavy atom. The molecule has 0 radical (unpaired) electrons. The van der Waals surface area contributed by atoms with E-state index in [0.29, 0.717) is 23.6 Å². The van der Waals surface area contributed by atoms with E-state index in [4.69, 9.17) is 9.47 Å². The molecule has 2 heterocycles. The molecule has 0 N–H and O–H groups in total. The Morgan fingerprint density at radius 2 is 1.75 bits per heavy atom. The van der Waals surface area contributed by atoms with Gasteiger partial charge in [-0.3, -0.25) is 19.4 Å². The Bertz CT molecular complexity index is 726. The predicted octanol–water partition coefficient (Wildman–Crippen LogP) is 2.64. The van der Waals surface area contributed by atoms with Crippen molar-refractivity contribution in [3.8, 4) is 5.75 Å². The number of rotatable bonds is 9. The summed E-state index contributed by atoms with van der Waals surface area (Å²) < 4.78 is 10.8. The molecule has 3 rings (SSSR count). The average molecular weight is 405 g/mol. The van der Waals surface area contributed by atoms with Crippen LogP contribution in [0.3, 0.4) is 0 Å². The molecule has 1 aromatic rings. The summed E-state index contributed by atoms with van der Waals surface area (Å²) in [5.74, 6) is 1.15. The van der Waals surface area contributed by atoms with Crippen LogP contribution in [0.2, 0.25) is 0 Å². The first kappa shape index (κ1) is 20.9. The van der Waals surface area contributed by atoms with Crippen molar-refractivity contribution in [1.82, 2.24) is 9.80 Å². The van der Waals surface area contributed by atoms with Gasteiger partial charge in [0.15, 0.2) is 0 Å². The number of carbonyl (C=O) groups is 2. The second-order valence-corrected chi connectivity index (χ2v) is 7.94. The Kier molecular flexibility index (Phi) is 7.53. The summed E-state index contributed by atoms with van der Waals surface area (Å²) in [5, 5.41) is 0. The van der Waals surface area contributed by atoms with Gasteiger partial charge in [-0.05, 0) is 36.8 Å². The lowest BCUT2D eigenvalue weighted by atomic mass is 10.1. The van der Waals surface area contributed by atoms with Crippen LogP contribution in [0, 0.1) is 0 Å². The largest absolute Gasteiger partial charge is 0.494 e. The molecule has 0 bridgehead atoms. The summed E-state index contributed by atoms with van der Waals surface area (Å²) >= 11 is 1.44. The van der Waals surface area contributed by atoms with Gasteiger partial charge in [0.2, 0.25) is 0 Å². The van der Waals surface area contributed by atoms with E-state index >= 15 is 0 Å². The molecule has 0 aliphatic carbocycles. The average Bonchev–Trinajstić information content (AvgIpc) is 2.94. The summed E-state index contributed by atoms with van der Waals surface area (Å²) in [6.07, 6.45) is 0.776. The third-order valence-electron chi connectivity index (χ3n) is 4.83. The lowest BCUT2D eigenvalue weighted by Crippen LogP contribution is -2.39. The van der Waals surface area contributed by atoms with Crippen LogP contribution in [-0.2, 0) is 14.3 Å². The number of nitrogens with zero attached hydrogens (tertiary/aromatic N) is 2. The summed E-state index contributed by atoms with van der Waals surface area (Å²) in [6.45, 7) is 9.16. The van der Waals surface area contributed by atoms with E-state index in [1.165, 1.54) is 16.7 Å². The summed E-state index contributed by atoms with van der Waals surface area (Å²) in [6, 6.07) is 7.41. The second-order valence-electron chi connectivity index (χ2n) is 6.66. The minimum Gasteiger partial charge on any atom is -0.494 e. The topological polar surface area (TPSA) is 59.1 Å². The fourth-order valence-electron chi connectivity index (χ4n) is 3.45. The van der Waals surface area contributed by atoms with Gasteiger partial charge in [0.05, 0.1) is 30.3 Å². The molecule has 7 heteroatoms. The number of carbonyl (C=O) groups excluding carboxylic acids is 2. The zero-order chi connectivity index (χ0) is 19.9. The number of ether oxygens (including phenoxy) is 2. The first-order valence-corrected chi connectivity index (χ1v) is 10.9. The number of thioether (sulfide) groups is 1. The number of hydrogen-bond donors (Lipinski definition) is 0. The molecule has 1 fully saturated rings. The summed E-state index contributed by atoms with van der Waals surface area (Å²) in [4.78, 5) is 30.3. The molecule has 1 aromatic carbocycles. The van der Waals surface area contributed by atoms with E-state index in [1.54, 1.807) is 0 Å². The van der Waals surface area contributed by atoms with Gasteiger partial charge in [-0.15, -0.1) is 11.8 Å². The van der Waals surface area contributed by atoms with Crippen molar-refractivity contribution in [3.05, 3.63) is 34.7 Å². The number of benzene rings is 1. The molecule has 0 aromatic heterocycles. The molecule has 0 unspecified atom stereocenters. The highest BCUT2D eigenvalue weighted by atomic mass is 32.2. The number of hydrogen-bond acceptors (Lipinski definition) is 6. The molecule has 2 amide bonds. The SMILES string of the molecule is CCOc1ccc(C2=C(SCC)C(=O)N(CCCN3CCOCC3)C2=O)cc1. The zero-order valence-electron chi connectivity index (χ0n) is 16.6. The lowest BCUT2D eigenvalue weighted by molar-refractivity contribution is -0.136.